The molecule has 252 valence electrons. The van der Waals surface area contributed by atoms with Crippen LogP contribution >= 0.6 is 0 Å². The molecule has 0 radical (unpaired) electrons. The molecule has 2 aromatic rings. The Balaban J connectivity index is 2.08. The molecule has 0 aliphatic heterocycles. The zero-order chi connectivity index (χ0) is 34.4. The van der Waals surface area contributed by atoms with Gasteiger partial charge in [-0.05, 0) is 85.3 Å². The van der Waals surface area contributed by atoms with E-state index < -0.39 is 47.3 Å². The molecule has 1 aliphatic carbocycles. The fourth-order valence-corrected chi connectivity index (χ4v) is 5.42. The molecule has 1 aliphatic rings. The first kappa shape index (κ1) is 36.6. The number of hydrogen-bond donors (Lipinski definition) is 2. The second kappa shape index (κ2) is 15.1. The van der Waals surface area contributed by atoms with Crippen LogP contribution in [0.25, 0.3) is 0 Å². The van der Waals surface area contributed by atoms with Gasteiger partial charge in [0, 0.05) is 12.5 Å². The van der Waals surface area contributed by atoms with Crippen LogP contribution in [0.1, 0.15) is 103 Å². The van der Waals surface area contributed by atoms with E-state index in [0.29, 0.717) is 12.0 Å². The molecule has 1 saturated carbocycles. The highest BCUT2D eigenvalue weighted by Crippen LogP contribution is 2.37. The van der Waals surface area contributed by atoms with Gasteiger partial charge in [0.1, 0.15) is 29.3 Å². The molecule has 0 spiro atoms. The van der Waals surface area contributed by atoms with E-state index in [0.717, 1.165) is 29.5 Å². The van der Waals surface area contributed by atoms with E-state index in [2.05, 4.69) is 10.6 Å². The highest BCUT2D eigenvalue weighted by Gasteiger charge is 2.46. The topological polar surface area (TPSA) is 114 Å². The molecule has 0 aromatic heterocycles. The normalized spacial score (nSPS) is 16.0. The molecule has 4 unspecified atom stereocenters. The summed E-state index contributed by atoms with van der Waals surface area (Å²) in [4.78, 5) is 57.2. The Hall–Kier alpha value is -3.88. The third-order valence-electron chi connectivity index (χ3n) is 7.72. The molecule has 3 amide bonds. The van der Waals surface area contributed by atoms with Gasteiger partial charge in [-0.1, -0.05) is 79.9 Å². The number of benzene rings is 2. The van der Waals surface area contributed by atoms with E-state index in [1.54, 1.807) is 46.4 Å². The number of ether oxygens (including phenoxy) is 2. The van der Waals surface area contributed by atoms with E-state index in [4.69, 9.17) is 9.47 Å². The number of esters is 1. The van der Waals surface area contributed by atoms with Gasteiger partial charge < -0.3 is 25.0 Å². The number of nitrogens with one attached hydrogen (secondary N) is 2. The molecule has 46 heavy (non-hydrogen) atoms. The van der Waals surface area contributed by atoms with Crippen LogP contribution in [0.2, 0.25) is 0 Å². The molecule has 9 heteroatoms. The van der Waals surface area contributed by atoms with E-state index >= 15 is 0 Å². The maximum absolute atomic E-state index is 14.6. The highest BCUT2D eigenvalue weighted by molar-refractivity contribution is 5.94. The van der Waals surface area contributed by atoms with Crippen LogP contribution in [-0.2, 0) is 30.3 Å². The molecule has 3 rings (SSSR count). The van der Waals surface area contributed by atoms with Crippen LogP contribution in [0, 0.1) is 19.8 Å². The molecular formula is C37H53N3O6. The summed E-state index contributed by atoms with van der Waals surface area (Å²) in [5.41, 5.74) is 1.86. The second-order valence-corrected chi connectivity index (χ2v) is 14.6. The van der Waals surface area contributed by atoms with Crippen molar-refractivity contribution in [2.75, 3.05) is 0 Å². The lowest BCUT2D eigenvalue weighted by atomic mass is 9.94. The van der Waals surface area contributed by atoms with Crippen LogP contribution in [0.4, 0.5) is 4.79 Å². The molecule has 2 aromatic carbocycles. The molecule has 1 fully saturated rings. The number of amides is 3. The summed E-state index contributed by atoms with van der Waals surface area (Å²) < 4.78 is 11.3. The molecule has 2 N–H and O–H groups in total. The smallest absolute Gasteiger partial charge is 0.408 e. The molecular weight excluding hydrogens is 582 g/mol. The fourth-order valence-electron chi connectivity index (χ4n) is 5.42. The molecule has 0 heterocycles. The first-order valence-electron chi connectivity index (χ1n) is 16.4. The fraction of sp³-hybridized carbons (Fsp3) is 0.568. The van der Waals surface area contributed by atoms with Crippen molar-refractivity contribution in [3.8, 4) is 0 Å². The zero-order valence-corrected chi connectivity index (χ0v) is 29.2. The lowest BCUT2D eigenvalue weighted by Crippen LogP contribution is -2.57. The largest absolute Gasteiger partial charge is 0.458 e. The third-order valence-corrected chi connectivity index (χ3v) is 7.72. The molecule has 0 bridgehead atoms. The van der Waals surface area contributed by atoms with Crippen molar-refractivity contribution in [3.63, 3.8) is 0 Å². The van der Waals surface area contributed by atoms with Crippen LogP contribution < -0.4 is 10.6 Å². The summed E-state index contributed by atoms with van der Waals surface area (Å²) in [6.07, 6.45) is 1.58. The average Bonchev–Trinajstić information content (AvgIpc) is 3.76. The number of hydrogen-bond acceptors (Lipinski definition) is 6. The van der Waals surface area contributed by atoms with Gasteiger partial charge in [-0.2, -0.15) is 0 Å². The average molecular weight is 636 g/mol. The summed E-state index contributed by atoms with van der Waals surface area (Å²) in [5, 5.41) is 5.79. The van der Waals surface area contributed by atoms with Crippen molar-refractivity contribution in [1.82, 2.24) is 15.5 Å². The van der Waals surface area contributed by atoms with Gasteiger partial charge in [0.15, 0.2) is 0 Å². The predicted molar refractivity (Wildman–Crippen MR) is 179 cm³/mol. The summed E-state index contributed by atoms with van der Waals surface area (Å²) >= 11 is 0. The van der Waals surface area contributed by atoms with Gasteiger partial charge in [0.05, 0.1) is 0 Å². The van der Waals surface area contributed by atoms with Gasteiger partial charge >= 0.3 is 12.1 Å². The zero-order valence-electron chi connectivity index (χ0n) is 29.2. The van der Waals surface area contributed by atoms with Crippen LogP contribution in [0.15, 0.2) is 48.5 Å². The van der Waals surface area contributed by atoms with Gasteiger partial charge in [-0.15, -0.1) is 0 Å². The van der Waals surface area contributed by atoms with Crippen LogP contribution in [0.3, 0.4) is 0 Å². The predicted octanol–water partition coefficient (Wildman–Crippen LogP) is 6.34. The van der Waals surface area contributed by atoms with E-state index in [-0.39, 0.29) is 24.3 Å². The van der Waals surface area contributed by atoms with Gasteiger partial charge in [0.25, 0.3) is 0 Å². The van der Waals surface area contributed by atoms with Crippen LogP contribution in [-0.4, -0.2) is 58.1 Å². The van der Waals surface area contributed by atoms with Gasteiger partial charge in [-0.25, -0.2) is 9.59 Å². The van der Waals surface area contributed by atoms with Crippen molar-refractivity contribution in [3.05, 3.63) is 70.8 Å². The van der Waals surface area contributed by atoms with Gasteiger partial charge in [-0.3, -0.25) is 9.59 Å². The van der Waals surface area contributed by atoms with E-state index in [1.165, 1.54) is 0 Å². The number of alkyl carbamates (subject to hydrolysis) is 1. The minimum absolute atomic E-state index is 0.204. The van der Waals surface area contributed by atoms with Crippen molar-refractivity contribution >= 4 is 23.9 Å². The summed E-state index contributed by atoms with van der Waals surface area (Å²) in [6.45, 7) is 18.4. The molecule has 9 nitrogen and oxygen atoms in total. The number of carbonyl (C=O) groups excluding carboxylic acids is 4. The quantitative estimate of drug-likeness (QED) is 0.263. The second-order valence-electron chi connectivity index (χ2n) is 14.6. The first-order chi connectivity index (χ1) is 21.4. The SMILES string of the molecule is CCC(C)C(NC(=O)OC(C)(C)C)C(=O)N(C1CC1)C(C(=O)NC(Cc1ccccc1)C(=O)OC(C)(C)C)c1cc(C)cc(C)c1. The van der Waals surface area contributed by atoms with Crippen molar-refractivity contribution in [2.45, 2.75) is 130 Å². The number of carbonyl (C=O) groups is 4. The van der Waals surface area contributed by atoms with E-state index in [9.17, 15) is 19.2 Å². The van der Waals surface area contributed by atoms with Crippen molar-refractivity contribution in [1.29, 1.82) is 0 Å². The Morgan fingerprint density at radius 2 is 1.43 bits per heavy atom. The Bertz CT molecular complexity index is 1350. The Kier molecular flexibility index (Phi) is 12.0. The minimum Gasteiger partial charge on any atom is -0.458 e. The maximum atomic E-state index is 14.6. The monoisotopic (exact) mass is 635 g/mol. The Morgan fingerprint density at radius 1 is 0.870 bits per heavy atom. The molecule has 4 atom stereocenters. The number of aryl methyl sites for hydroxylation is 2. The standard InChI is InChI=1S/C37H53N3O6/c1-11-25(4)30(39-35(44)46-37(8,9)10)33(42)40(28-17-18-28)31(27-20-23(2)19-24(3)21-27)32(41)38-29(34(43)45-36(5,6)7)22-26-15-13-12-14-16-26/h12-16,19-21,25,28-31H,11,17-18,22H2,1-10H3,(H,38,41)(H,39,44). The lowest BCUT2D eigenvalue weighted by molar-refractivity contribution is -0.159. The minimum atomic E-state index is -1.05. The third kappa shape index (κ3) is 10.9. The number of rotatable bonds is 12. The number of nitrogens with zero attached hydrogens (tertiary/aromatic N) is 1. The van der Waals surface area contributed by atoms with Crippen molar-refractivity contribution < 1.29 is 28.7 Å². The van der Waals surface area contributed by atoms with Crippen LogP contribution in [0.5, 0.6) is 0 Å². The van der Waals surface area contributed by atoms with Crippen molar-refractivity contribution in [2.24, 2.45) is 5.92 Å². The summed E-state index contributed by atoms with van der Waals surface area (Å²) in [5.74, 6) is -1.65. The molecule has 0 saturated heterocycles. The summed E-state index contributed by atoms with van der Waals surface area (Å²) in [7, 11) is 0. The summed E-state index contributed by atoms with van der Waals surface area (Å²) in [6, 6.07) is 12.1. The van der Waals surface area contributed by atoms with E-state index in [1.807, 2.05) is 76.2 Å². The van der Waals surface area contributed by atoms with Gasteiger partial charge in [0.2, 0.25) is 11.8 Å². The highest BCUT2D eigenvalue weighted by atomic mass is 16.6. The first-order valence-corrected chi connectivity index (χ1v) is 16.4. The lowest BCUT2D eigenvalue weighted by Gasteiger charge is -2.37. The maximum Gasteiger partial charge on any atom is 0.408 e. The Labute approximate surface area is 274 Å². The Morgan fingerprint density at radius 3 is 1.93 bits per heavy atom.